The molecule has 0 aromatic heterocycles. The maximum atomic E-state index is 13.6. The van der Waals surface area contributed by atoms with Crippen LogP contribution in [0.4, 0.5) is 4.39 Å². The van der Waals surface area contributed by atoms with Crippen LogP contribution < -0.4 is 0 Å². The molecule has 10 heteroatoms. The first-order valence-electron chi connectivity index (χ1n) is 11.1. The molecule has 0 radical (unpaired) electrons. The van der Waals surface area contributed by atoms with Crippen LogP contribution in [0, 0.1) is 17.8 Å². The van der Waals surface area contributed by atoms with Gasteiger partial charge in [-0.05, 0) is 19.8 Å². The number of likely N-dealkylation sites (tertiary alicyclic amines) is 3. The summed E-state index contributed by atoms with van der Waals surface area (Å²) >= 11 is 0. The minimum atomic E-state index is -1.74. The number of hydrogen-bond donors (Lipinski definition) is 0. The molecule has 168 valence electrons. The Labute approximate surface area is 180 Å². The number of alkyl halides is 1. The molecule has 0 bridgehead atoms. The number of carbonyl (C=O) groups is 3. The molecule has 5 aliphatic rings. The number of nitrogens with zero attached hydrogens (tertiary/aromatic N) is 5. The van der Waals surface area contributed by atoms with E-state index in [1.54, 1.807) is 0 Å². The molecule has 3 amide bonds. The molecule has 0 aromatic carbocycles. The van der Waals surface area contributed by atoms with Crippen molar-refractivity contribution in [1.82, 2.24) is 14.7 Å². The summed E-state index contributed by atoms with van der Waals surface area (Å²) in [6.07, 6.45) is 0.237. The summed E-state index contributed by atoms with van der Waals surface area (Å²) in [4.78, 5) is 51.1. The van der Waals surface area contributed by atoms with E-state index >= 15 is 0 Å². The minimum absolute atomic E-state index is 0.0724. The third-order valence-corrected chi connectivity index (χ3v) is 7.29. The number of halogens is 1. The molecule has 4 fully saturated rings. The van der Waals surface area contributed by atoms with Crippen molar-refractivity contribution in [3.8, 4) is 0 Å². The van der Waals surface area contributed by atoms with E-state index in [1.165, 1.54) is 6.92 Å². The lowest BCUT2D eigenvalue weighted by Crippen LogP contribution is -2.42. The summed E-state index contributed by atoms with van der Waals surface area (Å²) in [6, 6.07) is 0.192. The van der Waals surface area contributed by atoms with Crippen molar-refractivity contribution in [2.24, 2.45) is 27.7 Å². The molecule has 4 unspecified atom stereocenters. The zero-order valence-electron chi connectivity index (χ0n) is 17.7. The van der Waals surface area contributed by atoms with Gasteiger partial charge < -0.3 is 19.4 Å². The lowest BCUT2D eigenvalue weighted by atomic mass is 10.0. The lowest BCUT2D eigenvalue weighted by Gasteiger charge is -2.31. The molecular weight excluding hydrogens is 405 g/mol. The Balaban J connectivity index is 1.17. The van der Waals surface area contributed by atoms with Crippen LogP contribution >= 0.6 is 0 Å². The molecule has 4 saturated heterocycles. The largest absolute Gasteiger partial charge is 0.381 e. The molecule has 4 atom stereocenters. The first kappa shape index (κ1) is 20.5. The Hall–Kier alpha value is -2.36. The van der Waals surface area contributed by atoms with E-state index < -0.39 is 12.1 Å². The molecule has 5 heterocycles. The van der Waals surface area contributed by atoms with Gasteiger partial charge in [0.25, 0.3) is 5.91 Å². The van der Waals surface area contributed by atoms with Crippen LogP contribution in [0.3, 0.4) is 0 Å². The quantitative estimate of drug-likeness (QED) is 0.616. The summed E-state index contributed by atoms with van der Waals surface area (Å²) in [5.74, 6) is -0.0839. The van der Waals surface area contributed by atoms with Gasteiger partial charge in [0.05, 0.1) is 11.6 Å². The van der Waals surface area contributed by atoms with E-state index in [0.29, 0.717) is 52.4 Å². The number of rotatable bonds is 2. The Morgan fingerprint density at radius 2 is 1.71 bits per heavy atom. The average Bonchev–Trinajstić information content (AvgIpc) is 3.44. The maximum absolute atomic E-state index is 13.6. The third kappa shape index (κ3) is 3.75. The van der Waals surface area contributed by atoms with Gasteiger partial charge >= 0.3 is 0 Å². The predicted octanol–water partition coefficient (Wildman–Crippen LogP) is 0.0993. The second kappa shape index (κ2) is 7.96. The van der Waals surface area contributed by atoms with Crippen LogP contribution in [0.5, 0.6) is 0 Å². The van der Waals surface area contributed by atoms with Gasteiger partial charge in [-0.2, -0.15) is 4.99 Å². The Bertz CT molecular complexity index is 841. The zero-order chi connectivity index (χ0) is 21.7. The third-order valence-electron chi connectivity index (χ3n) is 7.29. The van der Waals surface area contributed by atoms with E-state index in [1.807, 2.05) is 14.7 Å². The fourth-order valence-electron chi connectivity index (χ4n) is 5.56. The summed E-state index contributed by atoms with van der Waals surface area (Å²) < 4.78 is 19.0. The first-order valence-corrected chi connectivity index (χ1v) is 11.1. The van der Waals surface area contributed by atoms with E-state index in [2.05, 4.69) is 9.98 Å². The molecule has 0 aliphatic carbocycles. The van der Waals surface area contributed by atoms with Gasteiger partial charge in [0.1, 0.15) is 0 Å². The molecule has 0 aromatic rings. The lowest BCUT2D eigenvalue weighted by molar-refractivity contribution is -0.135. The number of carbonyl (C=O) groups excluding carboxylic acids is 3. The highest BCUT2D eigenvalue weighted by atomic mass is 19.1. The van der Waals surface area contributed by atoms with Crippen molar-refractivity contribution in [3.63, 3.8) is 0 Å². The number of fused-ring (bicyclic) bond motifs is 1. The Morgan fingerprint density at radius 3 is 2.35 bits per heavy atom. The van der Waals surface area contributed by atoms with Crippen LogP contribution in [-0.4, -0.2) is 102 Å². The normalized spacial score (nSPS) is 34.3. The molecule has 5 aliphatic heterocycles. The molecule has 9 nitrogen and oxygen atoms in total. The van der Waals surface area contributed by atoms with Gasteiger partial charge in [-0.25, -0.2) is 9.38 Å². The summed E-state index contributed by atoms with van der Waals surface area (Å²) in [5, 5.41) is 0. The highest BCUT2D eigenvalue weighted by molar-refractivity contribution is 6.16. The van der Waals surface area contributed by atoms with Gasteiger partial charge in [0.2, 0.25) is 23.9 Å². The van der Waals surface area contributed by atoms with Crippen molar-refractivity contribution in [2.75, 3.05) is 45.9 Å². The topological polar surface area (TPSA) is 94.9 Å². The van der Waals surface area contributed by atoms with Crippen molar-refractivity contribution >= 4 is 29.4 Å². The number of guanidine groups is 1. The van der Waals surface area contributed by atoms with Crippen LogP contribution in [0.15, 0.2) is 9.98 Å². The number of aliphatic imine (C=N–C) groups is 2. The second-order valence-corrected chi connectivity index (χ2v) is 9.32. The molecule has 5 rings (SSSR count). The summed E-state index contributed by atoms with van der Waals surface area (Å²) in [6.45, 7) is 5.92. The SMILES string of the molecule is CC1=NC(N2CC3CN(C(=O)C4CC(=O)N(C5CCOCC5)C4)CC3C2)=NC(=O)C1F. The minimum Gasteiger partial charge on any atom is -0.381 e. The molecule has 0 saturated carbocycles. The van der Waals surface area contributed by atoms with Crippen LogP contribution in [-0.2, 0) is 19.1 Å². The van der Waals surface area contributed by atoms with Crippen molar-refractivity contribution in [1.29, 1.82) is 0 Å². The van der Waals surface area contributed by atoms with Crippen molar-refractivity contribution < 1.29 is 23.5 Å². The summed E-state index contributed by atoms with van der Waals surface area (Å²) in [5.41, 5.74) is 0.142. The maximum Gasteiger partial charge on any atom is 0.289 e. The van der Waals surface area contributed by atoms with Gasteiger partial charge in [-0.1, -0.05) is 0 Å². The Morgan fingerprint density at radius 1 is 1.03 bits per heavy atom. The molecular formula is C21H28FN5O4. The fraction of sp³-hybridized carbons (Fsp3) is 0.762. The van der Waals surface area contributed by atoms with Gasteiger partial charge in [0, 0.05) is 70.2 Å². The van der Waals surface area contributed by atoms with Gasteiger partial charge in [-0.15, -0.1) is 0 Å². The number of hydrogen-bond acceptors (Lipinski definition) is 6. The van der Waals surface area contributed by atoms with E-state index in [-0.39, 0.29) is 47.3 Å². The summed E-state index contributed by atoms with van der Waals surface area (Å²) in [7, 11) is 0. The highest BCUT2D eigenvalue weighted by Crippen LogP contribution is 2.34. The number of amides is 3. The zero-order valence-corrected chi connectivity index (χ0v) is 17.7. The Kier molecular flexibility index (Phi) is 5.27. The standard InChI is InChI=1S/C21H28FN5O4/c1-12-18(22)19(29)24-21(23-12)26-9-14-7-25(8-15(14)10-26)20(30)13-6-17(28)27(11-13)16-2-4-31-5-3-16/h13-16,18H,2-11H2,1H3. The smallest absolute Gasteiger partial charge is 0.289 e. The fourth-order valence-corrected chi connectivity index (χ4v) is 5.56. The van der Waals surface area contributed by atoms with Crippen LogP contribution in [0.1, 0.15) is 26.2 Å². The predicted molar refractivity (Wildman–Crippen MR) is 109 cm³/mol. The van der Waals surface area contributed by atoms with Gasteiger partial charge in [0.15, 0.2) is 0 Å². The van der Waals surface area contributed by atoms with E-state index in [9.17, 15) is 18.8 Å². The average molecular weight is 433 g/mol. The van der Waals surface area contributed by atoms with Gasteiger partial charge in [-0.3, -0.25) is 14.4 Å². The van der Waals surface area contributed by atoms with Crippen molar-refractivity contribution in [2.45, 2.75) is 38.4 Å². The van der Waals surface area contributed by atoms with Crippen molar-refractivity contribution in [3.05, 3.63) is 0 Å². The number of ether oxygens (including phenoxy) is 1. The molecule has 31 heavy (non-hydrogen) atoms. The van der Waals surface area contributed by atoms with Crippen LogP contribution in [0.2, 0.25) is 0 Å². The molecule has 0 N–H and O–H groups in total. The van der Waals surface area contributed by atoms with Crippen LogP contribution in [0.25, 0.3) is 0 Å². The first-order chi connectivity index (χ1) is 14.9. The van der Waals surface area contributed by atoms with E-state index in [0.717, 1.165) is 12.8 Å². The second-order valence-electron chi connectivity index (χ2n) is 9.32. The van der Waals surface area contributed by atoms with E-state index in [4.69, 9.17) is 4.74 Å². The molecule has 0 spiro atoms. The monoisotopic (exact) mass is 433 g/mol. The highest BCUT2D eigenvalue weighted by Gasteiger charge is 2.46.